The Labute approximate surface area is 156 Å². The molecule has 1 aliphatic rings. The molecule has 1 heterocycles. The number of hydrogen-bond acceptors (Lipinski definition) is 6. The van der Waals surface area contributed by atoms with Gasteiger partial charge in [0.25, 0.3) is 0 Å². The molecule has 0 aromatic heterocycles. The van der Waals surface area contributed by atoms with E-state index in [1.807, 2.05) is 11.0 Å². The summed E-state index contributed by atoms with van der Waals surface area (Å²) in [7, 11) is 1.39. The minimum atomic E-state index is -0.487. The number of anilines is 2. The quantitative estimate of drug-likeness (QED) is 0.637. The van der Waals surface area contributed by atoms with E-state index in [1.165, 1.54) is 19.2 Å². The summed E-state index contributed by atoms with van der Waals surface area (Å²) < 4.78 is 19.4. The number of piperidine rings is 1. The first-order valence-electron chi connectivity index (χ1n) is 8.55. The predicted octanol–water partition coefficient (Wildman–Crippen LogP) is 3.70. The fourth-order valence-corrected chi connectivity index (χ4v) is 3.30. The van der Waals surface area contributed by atoms with Gasteiger partial charge in [-0.2, -0.15) is 5.26 Å². The highest BCUT2D eigenvalue weighted by Gasteiger charge is 2.23. The summed E-state index contributed by atoms with van der Waals surface area (Å²) in [4.78, 5) is 12.5. The number of nitriles is 1. The Hall–Kier alpha value is -3.34. The highest BCUT2D eigenvalue weighted by molar-refractivity contribution is 5.59. The Morgan fingerprint density at radius 2 is 2.19 bits per heavy atom. The Balaban J connectivity index is 1.74. The van der Waals surface area contributed by atoms with Gasteiger partial charge in [-0.15, -0.1) is 0 Å². The number of nitrogens with zero attached hydrogens (tertiary/aromatic N) is 3. The van der Waals surface area contributed by atoms with Crippen LogP contribution in [0.3, 0.4) is 0 Å². The van der Waals surface area contributed by atoms with Gasteiger partial charge in [-0.3, -0.25) is 10.1 Å². The zero-order valence-corrected chi connectivity index (χ0v) is 14.8. The van der Waals surface area contributed by atoms with Crippen molar-refractivity contribution in [1.82, 2.24) is 0 Å². The summed E-state index contributed by atoms with van der Waals surface area (Å²) in [6, 6.07) is 11.1. The van der Waals surface area contributed by atoms with Gasteiger partial charge in [0.15, 0.2) is 5.75 Å². The van der Waals surface area contributed by atoms with Gasteiger partial charge in [0, 0.05) is 37.0 Å². The summed E-state index contributed by atoms with van der Waals surface area (Å²) >= 11 is 0. The SMILES string of the molecule is COc1cc(NC2CCCN(c3ccc(C#N)cc3F)C2)ccc1[N+](=O)[O-]. The van der Waals surface area contributed by atoms with E-state index in [0.29, 0.717) is 23.5 Å². The maximum Gasteiger partial charge on any atom is 0.311 e. The van der Waals surface area contributed by atoms with Gasteiger partial charge < -0.3 is 15.0 Å². The second kappa shape index (κ2) is 7.91. The van der Waals surface area contributed by atoms with E-state index >= 15 is 0 Å². The molecule has 1 atom stereocenters. The number of hydrogen-bond donors (Lipinski definition) is 1. The van der Waals surface area contributed by atoms with Gasteiger partial charge >= 0.3 is 5.69 Å². The van der Waals surface area contributed by atoms with Crippen LogP contribution in [0.2, 0.25) is 0 Å². The van der Waals surface area contributed by atoms with Crippen LogP contribution in [0.1, 0.15) is 18.4 Å². The molecule has 7 nitrogen and oxygen atoms in total. The smallest absolute Gasteiger partial charge is 0.311 e. The first-order chi connectivity index (χ1) is 13.0. The molecule has 1 unspecified atom stereocenters. The van der Waals surface area contributed by atoms with E-state index in [0.717, 1.165) is 19.4 Å². The first kappa shape index (κ1) is 18.5. The van der Waals surface area contributed by atoms with Crippen LogP contribution in [0.4, 0.5) is 21.5 Å². The van der Waals surface area contributed by atoms with E-state index in [4.69, 9.17) is 10.00 Å². The third kappa shape index (κ3) is 4.08. The molecular weight excluding hydrogens is 351 g/mol. The Morgan fingerprint density at radius 1 is 1.37 bits per heavy atom. The van der Waals surface area contributed by atoms with Gasteiger partial charge in [0.2, 0.25) is 0 Å². The third-order valence-corrected chi connectivity index (χ3v) is 4.59. The summed E-state index contributed by atoms with van der Waals surface area (Å²) in [6.07, 6.45) is 1.77. The number of methoxy groups -OCH3 is 1. The van der Waals surface area contributed by atoms with Crippen LogP contribution in [0, 0.1) is 27.3 Å². The normalized spacial score (nSPS) is 16.5. The van der Waals surface area contributed by atoms with Crippen molar-refractivity contribution < 1.29 is 14.1 Å². The average Bonchev–Trinajstić information content (AvgIpc) is 2.67. The molecule has 1 aliphatic heterocycles. The van der Waals surface area contributed by atoms with E-state index < -0.39 is 10.7 Å². The van der Waals surface area contributed by atoms with Crippen molar-refractivity contribution in [3.05, 3.63) is 57.9 Å². The minimum absolute atomic E-state index is 0.0555. The summed E-state index contributed by atoms with van der Waals surface area (Å²) in [5.74, 6) is -0.220. The number of nitro groups is 1. The molecule has 0 spiro atoms. The zero-order valence-electron chi connectivity index (χ0n) is 14.8. The molecule has 0 saturated carbocycles. The fraction of sp³-hybridized carbons (Fsp3) is 0.316. The molecule has 0 bridgehead atoms. The molecule has 27 heavy (non-hydrogen) atoms. The molecule has 2 aromatic rings. The third-order valence-electron chi connectivity index (χ3n) is 4.59. The lowest BCUT2D eigenvalue weighted by Crippen LogP contribution is -2.42. The van der Waals surface area contributed by atoms with Crippen LogP contribution >= 0.6 is 0 Å². The van der Waals surface area contributed by atoms with Gasteiger partial charge in [-0.05, 0) is 37.1 Å². The van der Waals surface area contributed by atoms with Crippen molar-refractivity contribution in [2.24, 2.45) is 0 Å². The van der Waals surface area contributed by atoms with Crippen molar-refractivity contribution >= 4 is 17.1 Å². The number of nitrogens with one attached hydrogen (secondary N) is 1. The monoisotopic (exact) mass is 370 g/mol. The van der Waals surface area contributed by atoms with Crippen LogP contribution in [0.25, 0.3) is 0 Å². The molecule has 1 N–H and O–H groups in total. The molecule has 0 amide bonds. The summed E-state index contributed by atoms with van der Waals surface area (Å²) in [5.41, 5.74) is 1.39. The van der Waals surface area contributed by atoms with E-state index in [9.17, 15) is 14.5 Å². The lowest BCUT2D eigenvalue weighted by molar-refractivity contribution is -0.385. The lowest BCUT2D eigenvalue weighted by atomic mass is 10.0. The number of nitro benzene ring substituents is 1. The maximum absolute atomic E-state index is 14.3. The predicted molar refractivity (Wildman–Crippen MR) is 99.6 cm³/mol. The molecule has 1 saturated heterocycles. The zero-order chi connectivity index (χ0) is 19.4. The summed E-state index contributed by atoms with van der Waals surface area (Å²) in [5, 5.41) is 23.2. The van der Waals surface area contributed by atoms with E-state index in [2.05, 4.69) is 5.32 Å². The molecule has 140 valence electrons. The molecule has 0 aliphatic carbocycles. The van der Waals surface area contributed by atoms with Crippen molar-refractivity contribution in [1.29, 1.82) is 5.26 Å². The topological polar surface area (TPSA) is 91.4 Å². The van der Waals surface area contributed by atoms with Gasteiger partial charge in [-0.25, -0.2) is 4.39 Å². The molecule has 8 heteroatoms. The van der Waals surface area contributed by atoms with Crippen molar-refractivity contribution in [2.45, 2.75) is 18.9 Å². The van der Waals surface area contributed by atoms with Crippen molar-refractivity contribution in [3.8, 4) is 11.8 Å². The molecule has 3 rings (SSSR count). The summed E-state index contributed by atoms with van der Waals surface area (Å²) in [6.45, 7) is 1.31. The van der Waals surface area contributed by atoms with Crippen molar-refractivity contribution in [3.63, 3.8) is 0 Å². The van der Waals surface area contributed by atoms with Crippen LogP contribution in [0.5, 0.6) is 5.75 Å². The Kier molecular flexibility index (Phi) is 5.41. The second-order valence-corrected chi connectivity index (χ2v) is 6.35. The average molecular weight is 370 g/mol. The molecular formula is C19H19FN4O3. The number of ether oxygens (including phenoxy) is 1. The van der Waals surface area contributed by atoms with Crippen LogP contribution in [0.15, 0.2) is 36.4 Å². The Bertz CT molecular complexity index is 897. The lowest BCUT2D eigenvalue weighted by Gasteiger charge is -2.35. The number of halogens is 1. The number of benzene rings is 2. The largest absolute Gasteiger partial charge is 0.490 e. The van der Waals surface area contributed by atoms with E-state index in [1.54, 1.807) is 24.3 Å². The molecule has 0 radical (unpaired) electrons. The van der Waals surface area contributed by atoms with E-state index in [-0.39, 0.29) is 17.5 Å². The molecule has 1 fully saturated rings. The number of rotatable bonds is 5. The van der Waals surface area contributed by atoms with Crippen LogP contribution < -0.4 is 15.0 Å². The van der Waals surface area contributed by atoms with Gasteiger partial charge in [-0.1, -0.05) is 0 Å². The highest BCUT2D eigenvalue weighted by atomic mass is 19.1. The van der Waals surface area contributed by atoms with Crippen LogP contribution in [-0.4, -0.2) is 31.2 Å². The minimum Gasteiger partial charge on any atom is -0.490 e. The van der Waals surface area contributed by atoms with Crippen LogP contribution in [-0.2, 0) is 0 Å². The first-order valence-corrected chi connectivity index (χ1v) is 8.55. The van der Waals surface area contributed by atoms with Gasteiger partial charge in [0.1, 0.15) is 5.82 Å². The Morgan fingerprint density at radius 3 is 2.85 bits per heavy atom. The highest BCUT2D eigenvalue weighted by Crippen LogP contribution is 2.31. The fourth-order valence-electron chi connectivity index (χ4n) is 3.30. The maximum atomic E-state index is 14.3. The van der Waals surface area contributed by atoms with Crippen molar-refractivity contribution in [2.75, 3.05) is 30.4 Å². The van der Waals surface area contributed by atoms with Gasteiger partial charge in [0.05, 0.1) is 29.4 Å². The standard InChI is InChI=1S/C19H19FN4O3/c1-27-19-10-14(5-7-18(19)24(25)26)22-15-3-2-8-23(12-15)17-6-4-13(11-21)9-16(17)20/h4-7,9-10,15,22H,2-3,8,12H2,1H3. The second-order valence-electron chi connectivity index (χ2n) is 6.35. The molecule has 2 aromatic carbocycles.